The van der Waals surface area contributed by atoms with Crippen LogP contribution < -0.4 is 0 Å². The minimum Gasteiger partial charge on any atom is -0.394 e. The Labute approximate surface area is 126 Å². The maximum absolute atomic E-state index is 9.93. The lowest BCUT2D eigenvalue weighted by molar-refractivity contribution is -0.358. The molecule has 2 heterocycles. The number of hydrogen-bond acceptors (Lipinski definition) is 10. The zero-order chi connectivity index (χ0) is 16.6. The van der Waals surface area contributed by atoms with E-state index in [0.29, 0.717) is 0 Å². The van der Waals surface area contributed by atoms with E-state index in [-0.39, 0.29) is 0 Å². The fourth-order valence-corrected chi connectivity index (χ4v) is 2.50. The van der Waals surface area contributed by atoms with Gasteiger partial charge in [-0.2, -0.15) is 0 Å². The van der Waals surface area contributed by atoms with Gasteiger partial charge in [-0.05, 0) is 6.92 Å². The van der Waals surface area contributed by atoms with Crippen molar-refractivity contribution in [2.24, 2.45) is 0 Å². The molecule has 7 N–H and O–H groups in total. The van der Waals surface area contributed by atoms with Gasteiger partial charge in [0.25, 0.3) is 0 Å². The minimum atomic E-state index is -1.69. The zero-order valence-corrected chi connectivity index (χ0v) is 11.8. The molecule has 0 aromatic rings. The summed E-state index contributed by atoms with van der Waals surface area (Å²) in [5, 5.41) is 67.5. The van der Waals surface area contributed by atoms with Gasteiger partial charge < -0.3 is 50.0 Å². The molecule has 0 aliphatic carbocycles. The van der Waals surface area contributed by atoms with E-state index >= 15 is 0 Å². The Kier molecular flexibility index (Phi) is 5.72. The summed E-state index contributed by atoms with van der Waals surface area (Å²) in [4.78, 5) is 0. The van der Waals surface area contributed by atoms with Gasteiger partial charge in [0.2, 0.25) is 0 Å². The molecule has 2 saturated heterocycles. The molecule has 0 radical (unpaired) electrons. The standard InChI is InChI=1S/C12H22O10/c1-3-5(14)7(16)9(18)12(20-3)22-10-8(17)6(15)4(2-13)21-11(10)19/h3-19H,2H2,1H3/t3-,4+,5+,6+,7+,8-,9-,10+,11?,12-/m0/s1. The molecule has 10 atom stereocenters. The largest absolute Gasteiger partial charge is 0.394 e. The predicted octanol–water partition coefficient (Wildman–Crippen LogP) is -4.37. The summed E-state index contributed by atoms with van der Waals surface area (Å²) in [5.41, 5.74) is 0. The van der Waals surface area contributed by atoms with Crippen LogP contribution in [0.2, 0.25) is 0 Å². The molecule has 2 aliphatic rings. The highest BCUT2D eigenvalue weighted by Gasteiger charge is 2.49. The molecule has 0 aromatic heterocycles. The molecule has 1 unspecified atom stereocenters. The van der Waals surface area contributed by atoms with Crippen molar-refractivity contribution >= 4 is 0 Å². The molecule has 10 nitrogen and oxygen atoms in total. The molecular formula is C12H22O10. The van der Waals surface area contributed by atoms with E-state index in [1.165, 1.54) is 6.92 Å². The number of aliphatic hydroxyl groups is 7. The molecule has 2 rings (SSSR count). The van der Waals surface area contributed by atoms with Crippen LogP contribution in [0.5, 0.6) is 0 Å². The van der Waals surface area contributed by atoms with Gasteiger partial charge in [0.15, 0.2) is 12.6 Å². The minimum absolute atomic E-state index is 0.619. The van der Waals surface area contributed by atoms with Gasteiger partial charge in [-0.3, -0.25) is 0 Å². The van der Waals surface area contributed by atoms with Crippen molar-refractivity contribution in [3.8, 4) is 0 Å². The first-order valence-electron chi connectivity index (χ1n) is 6.93. The van der Waals surface area contributed by atoms with E-state index in [9.17, 15) is 30.6 Å². The Hall–Kier alpha value is -0.400. The van der Waals surface area contributed by atoms with Gasteiger partial charge in [0, 0.05) is 0 Å². The first-order chi connectivity index (χ1) is 10.3. The normalized spacial score (nSPS) is 53.5. The molecular weight excluding hydrogens is 304 g/mol. The Bertz CT molecular complexity index is 368. The van der Waals surface area contributed by atoms with E-state index in [4.69, 9.17) is 19.3 Å². The van der Waals surface area contributed by atoms with Crippen LogP contribution in [0.4, 0.5) is 0 Å². The fraction of sp³-hybridized carbons (Fsp3) is 1.00. The monoisotopic (exact) mass is 326 g/mol. The Morgan fingerprint density at radius 2 is 1.45 bits per heavy atom. The van der Waals surface area contributed by atoms with Gasteiger partial charge in [0.05, 0.1) is 12.7 Å². The lowest BCUT2D eigenvalue weighted by atomic mass is 9.97. The molecule has 0 saturated carbocycles. The fourth-order valence-electron chi connectivity index (χ4n) is 2.50. The summed E-state index contributed by atoms with van der Waals surface area (Å²) in [6.45, 7) is 0.823. The van der Waals surface area contributed by atoms with E-state index < -0.39 is 68.0 Å². The van der Waals surface area contributed by atoms with Gasteiger partial charge >= 0.3 is 0 Å². The van der Waals surface area contributed by atoms with Crippen LogP contribution in [0.15, 0.2) is 0 Å². The highest BCUT2D eigenvalue weighted by atomic mass is 16.7. The Morgan fingerprint density at radius 1 is 0.818 bits per heavy atom. The number of rotatable bonds is 3. The summed E-state index contributed by atoms with van der Waals surface area (Å²) < 4.78 is 15.3. The summed E-state index contributed by atoms with van der Waals surface area (Å²) in [6.07, 6.45) is -14.3. The van der Waals surface area contributed by atoms with Crippen molar-refractivity contribution in [1.29, 1.82) is 0 Å². The first kappa shape index (κ1) is 17.9. The summed E-state index contributed by atoms with van der Waals surface area (Å²) in [6, 6.07) is 0. The van der Waals surface area contributed by atoms with Crippen LogP contribution in [0.25, 0.3) is 0 Å². The second-order valence-electron chi connectivity index (χ2n) is 5.51. The van der Waals surface area contributed by atoms with E-state index in [1.807, 2.05) is 0 Å². The molecule has 22 heavy (non-hydrogen) atoms. The molecule has 130 valence electrons. The predicted molar refractivity (Wildman–Crippen MR) is 67.2 cm³/mol. The van der Waals surface area contributed by atoms with Crippen LogP contribution in [0.1, 0.15) is 6.92 Å². The Morgan fingerprint density at radius 3 is 2.05 bits per heavy atom. The number of ether oxygens (including phenoxy) is 3. The molecule has 0 amide bonds. The van der Waals surface area contributed by atoms with E-state index in [2.05, 4.69) is 0 Å². The molecule has 2 aliphatic heterocycles. The van der Waals surface area contributed by atoms with Crippen molar-refractivity contribution in [3.63, 3.8) is 0 Å². The smallest absolute Gasteiger partial charge is 0.187 e. The van der Waals surface area contributed by atoms with Crippen LogP contribution in [0, 0.1) is 0 Å². The SMILES string of the molecule is C[C@@H]1O[C@@H](O[C@H]2C(O)O[C@H](CO)[C@@H](O)[C@@H]2O)[C@@H](O)[C@H](O)[C@@H]1O. The summed E-state index contributed by atoms with van der Waals surface area (Å²) in [5.74, 6) is 0. The average molecular weight is 326 g/mol. The molecule has 10 heteroatoms. The summed E-state index contributed by atoms with van der Waals surface area (Å²) in [7, 11) is 0. The van der Waals surface area contributed by atoms with Crippen LogP contribution in [0.3, 0.4) is 0 Å². The quantitative estimate of drug-likeness (QED) is 0.269. The van der Waals surface area contributed by atoms with E-state index in [0.717, 1.165) is 0 Å². The third-order valence-corrected chi connectivity index (χ3v) is 3.94. The van der Waals surface area contributed by atoms with Crippen LogP contribution in [-0.2, 0) is 14.2 Å². The van der Waals surface area contributed by atoms with Crippen molar-refractivity contribution < 1.29 is 50.0 Å². The van der Waals surface area contributed by atoms with Crippen molar-refractivity contribution in [3.05, 3.63) is 0 Å². The topological polar surface area (TPSA) is 169 Å². The third kappa shape index (κ3) is 3.26. The van der Waals surface area contributed by atoms with Crippen molar-refractivity contribution in [1.82, 2.24) is 0 Å². The van der Waals surface area contributed by atoms with Crippen LogP contribution >= 0.6 is 0 Å². The van der Waals surface area contributed by atoms with Gasteiger partial charge in [-0.1, -0.05) is 0 Å². The van der Waals surface area contributed by atoms with Crippen LogP contribution in [-0.4, -0.2) is 104 Å². The number of aliphatic hydroxyl groups excluding tert-OH is 7. The van der Waals surface area contributed by atoms with Gasteiger partial charge in [-0.25, -0.2) is 0 Å². The molecule has 0 bridgehead atoms. The Balaban J connectivity index is 2.06. The van der Waals surface area contributed by atoms with Gasteiger partial charge in [0.1, 0.15) is 42.7 Å². The number of hydrogen-bond donors (Lipinski definition) is 7. The molecule has 0 aromatic carbocycles. The summed E-state index contributed by atoms with van der Waals surface area (Å²) >= 11 is 0. The van der Waals surface area contributed by atoms with Crippen molar-refractivity contribution in [2.75, 3.05) is 6.61 Å². The lowest BCUT2D eigenvalue weighted by Crippen LogP contribution is -2.63. The molecule has 2 fully saturated rings. The van der Waals surface area contributed by atoms with Gasteiger partial charge in [-0.15, -0.1) is 0 Å². The maximum Gasteiger partial charge on any atom is 0.187 e. The first-order valence-corrected chi connectivity index (χ1v) is 6.93. The van der Waals surface area contributed by atoms with E-state index in [1.54, 1.807) is 0 Å². The average Bonchev–Trinajstić information content (AvgIpc) is 2.49. The highest BCUT2D eigenvalue weighted by Crippen LogP contribution is 2.28. The molecule has 0 spiro atoms. The third-order valence-electron chi connectivity index (χ3n) is 3.94. The maximum atomic E-state index is 9.93. The highest BCUT2D eigenvalue weighted by molar-refractivity contribution is 4.92. The lowest BCUT2D eigenvalue weighted by Gasteiger charge is -2.44. The second kappa shape index (κ2) is 7.01. The van der Waals surface area contributed by atoms with Crippen molar-refractivity contribution in [2.45, 2.75) is 68.3 Å². The second-order valence-corrected chi connectivity index (χ2v) is 5.51. The zero-order valence-electron chi connectivity index (χ0n) is 11.8.